The van der Waals surface area contributed by atoms with Crippen molar-refractivity contribution < 1.29 is 0 Å². The molecule has 3 fully saturated rings. The van der Waals surface area contributed by atoms with E-state index in [0.717, 1.165) is 35.5 Å². The van der Waals surface area contributed by atoms with E-state index in [-0.39, 0.29) is 0 Å². The topological polar surface area (TPSA) is 0 Å². The van der Waals surface area contributed by atoms with E-state index in [1.54, 1.807) is 57.8 Å². The molecule has 3 aliphatic rings. The molecule has 0 saturated heterocycles. The van der Waals surface area contributed by atoms with Crippen molar-refractivity contribution in [2.24, 2.45) is 35.5 Å². The molecule has 0 radical (unpaired) electrons. The Labute approximate surface area is 127 Å². The summed E-state index contributed by atoms with van der Waals surface area (Å²) in [4.78, 5) is 0. The van der Waals surface area contributed by atoms with Crippen LogP contribution in [0, 0.1) is 35.5 Å². The van der Waals surface area contributed by atoms with Crippen LogP contribution < -0.4 is 0 Å². The van der Waals surface area contributed by atoms with Crippen LogP contribution in [0.2, 0.25) is 0 Å². The average molecular weight is 277 g/mol. The first-order valence-electron chi connectivity index (χ1n) is 9.72. The second-order valence-electron chi connectivity index (χ2n) is 8.75. The van der Waals surface area contributed by atoms with Crippen molar-refractivity contribution in [3.63, 3.8) is 0 Å². The lowest BCUT2D eigenvalue weighted by molar-refractivity contribution is 0.333. The SMILES string of the molecule is CCC1CC[C@@H](CC2CC[C@H](CC3CC[C@@H](C)C3)C2)C1. The van der Waals surface area contributed by atoms with Gasteiger partial charge in [-0.1, -0.05) is 58.8 Å². The van der Waals surface area contributed by atoms with Crippen molar-refractivity contribution in [1.82, 2.24) is 0 Å². The summed E-state index contributed by atoms with van der Waals surface area (Å²) in [5.74, 6) is 6.54. The Morgan fingerprint density at radius 3 is 1.50 bits per heavy atom. The van der Waals surface area contributed by atoms with Crippen LogP contribution in [-0.4, -0.2) is 0 Å². The maximum Gasteiger partial charge on any atom is -0.0409 e. The van der Waals surface area contributed by atoms with Crippen LogP contribution in [0.3, 0.4) is 0 Å². The third kappa shape index (κ3) is 3.80. The van der Waals surface area contributed by atoms with Crippen molar-refractivity contribution >= 4 is 0 Å². The largest absolute Gasteiger partial charge is 0.0651 e. The average Bonchev–Trinajstić information content (AvgIpc) is 3.13. The van der Waals surface area contributed by atoms with E-state index in [1.807, 2.05) is 0 Å². The predicted octanol–water partition coefficient (Wildman–Crippen LogP) is 6.45. The first-order chi connectivity index (χ1) is 9.72. The highest BCUT2D eigenvalue weighted by Crippen LogP contribution is 2.45. The van der Waals surface area contributed by atoms with Crippen molar-refractivity contribution in [3.05, 3.63) is 0 Å². The van der Waals surface area contributed by atoms with Crippen molar-refractivity contribution in [3.8, 4) is 0 Å². The quantitative estimate of drug-likeness (QED) is 0.541. The second-order valence-corrected chi connectivity index (χ2v) is 8.75. The fraction of sp³-hybridized carbons (Fsp3) is 1.00. The Morgan fingerprint density at radius 1 is 0.600 bits per heavy atom. The molecule has 3 unspecified atom stereocenters. The predicted molar refractivity (Wildman–Crippen MR) is 87.7 cm³/mol. The first kappa shape index (κ1) is 14.9. The molecule has 0 heteroatoms. The van der Waals surface area contributed by atoms with Crippen LogP contribution in [0.4, 0.5) is 0 Å². The molecule has 3 saturated carbocycles. The van der Waals surface area contributed by atoms with Gasteiger partial charge in [-0.2, -0.15) is 0 Å². The van der Waals surface area contributed by atoms with Gasteiger partial charge in [0.25, 0.3) is 0 Å². The smallest absolute Gasteiger partial charge is 0.0409 e. The van der Waals surface area contributed by atoms with Gasteiger partial charge in [0, 0.05) is 0 Å². The summed E-state index contributed by atoms with van der Waals surface area (Å²) in [6.45, 7) is 4.85. The summed E-state index contributed by atoms with van der Waals surface area (Å²) >= 11 is 0. The van der Waals surface area contributed by atoms with Crippen LogP contribution in [0.25, 0.3) is 0 Å². The lowest BCUT2D eigenvalue weighted by atomic mass is 9.88. The standard InChI is InChI=1S/C20H36/c1-3-16-6-7-18(11-16)13-20-9-8-19(14-20)12-17-5-4-15(2)10-17/h15-20H,3-14H2,1-2H3/t15-,16?,17?,18-,19-,20?/m1/s1. The molecule has 0 bridgehead atoms. The van der Waals surface area contributed by atoms with Gasteiger partial charge in [0.1, 0.15) is 0 Å². The molecule has 0 spiro atoms. The van der Waals surface area contributed by atoms with E-state index in [4.69, 9.17) is 0 Å². The third-order valence-corrected chi connectivity index (χ3v) is 7.01. The minimum absolute atomic E-state index is 1.03. The van der Waals surface area contributed by atoms with Crippen LogP contribution in [0.5, 0.6) is 0 Å². The molecule has 0 nitrogen and oxygen atoms in total. The lowest BCUT2D eigenvalue weighted by Crippen LogP contribution is -2.06. The van der Waals surface area contributed by atoms with E-state index in [2.05, 4.69) is 13.8 Å². The van der Waals surface area contributed by atoms with E-state index in [9.17, 15) is 0 Å². The molecule has 0 aromatic rings. The molecule has 116 valence electrons. The fourth-order valence-electron chi connectivity index (χ4n) is 5.85. The molecular weight excluding hydrogens is 240 g/mol. The van der Waals surface area contributed by atoms with E-state index < -0.39 is 0 Å². The summed E-state index contributed by atoms with van der Waals surface area (Å²) < 4.78 is 0. The zero-order valence-corrected chi connectivity index (χ0v) is 13.9. The molecule has 0 heterocycles. The third-order valence-electron chi connectivity index (χ3n) is 7.01. The highest BCUT2D eigenvalue weighted by Gasteiger charge is 2.32. The van der Waals surface area contributed by atoms with Gasteiger partial charge in [-0.15, -0.1) is 0 Å². The minimum Gasteiger partial charge on any atom is -0.0651 e. The minimum atomic E-state index is 1.03. The Morgan fingerprint density at radius 2 is 1.05 bits per heavy atom. The molecule has 0 aliphatic heterocycles. The van der Waals surface area contributed by atoms with Gasteiger partial charge in [0.15, 0.2) is 0 Å². The van der Waals surface area contributed by atoms with Crippen LogP contribution in [0.15, 0.2) is 0 Å². The van der Waals surface area contributed by atoms with Gasteiger partial charge < -0.3 is 0 Å². The van der Waals surface area contributed by atoms with Gasteiger partial charge in [0.05, 0.1) is 0 Å². The lowest BCUT2D eigenvalue weighted by Gasteiger charge is -2.18. The summed E-state index contributed by atoms with van der Waals surface area (Å²) in [7, 11) is 0. The molecule has 6 atom stereocenters. The molecular formula is C20H36. The van der Waals surface area contributed by atoms with Crippen molar-refractivity contribution in [1.29, 1.82) is 0 Å². The first-order valence-corrected chi connectivity index (χ1v) is 9.72. The molecule has 3 rings (SSSR count). The summed E-state index contributed by atoms with van der Waals surface area (Å²) in [6, 6.07) is 0. The highest BCUT2D eigenvalue weighted by atomic mass is 14.4. The Bertz CT molecular complexity index is 294. The van der Waals surface area contributed by atoms with Crippen LogP contribution in [0.1, 0.15) is 90.9 Å². The van der Waals surface area contributed by atoms with Gasteiger partial charge in [-0.3, -0.25) is 0 Å². The Kier molecular flexibility index (Phi) is 5.10. The molecule has 0 N–H and O–H groups in total. The van der Waals surface area contributed by atoms with Crippen LogP contribution in [-0.2, 0) is 0 Å². The van der Waals surface area contributed by atoms with Gasteiger partial charge in [-0.25, -0.2) is 0 Å². The maximum atomic E-state index is 2.46. The number of hydrogen-bond donors (Lipinski definition) is 0. The summed E-state index contributed by atoms with van der Waals surface area (Å²) in [5, 5.41) is 0. The number of rotatable bonds is 5. The Hall–Kier alpha value is 0. The van der Waals surface area contributed by atoms with Crippen LogP contribution >= 0.6 is 0 Å². The van der Waals surface area contributed by atoms with E-state index >= 15 is 0 Å². The van der Waals surface area contributed by atoms with E-state index in [0.29, 0.717) is 0 Å². The van der Waals surface area contributed by atoms with Crippen molar-refractivity contribution in [2.75, 3.05) is 0 Å². The maximum absolute atomic E-state index is 2.46. The summed E-state index contributed by atoms with van der Waals surface area (Å²) in [5.41, 5.74) is 0. The molecule has 0 aromatic carbocycles. The fourth-order valence-corrected chi connectivity index (χ4v) is 5.85. The molecule has 20 heavy (non-hydrogen) atoms. The molecule has 3 aliphatic carbocycles. The van der Waals surface area contributed by atoms with E-state index in [1.165, 1.54) is 19.3 Å². The number of hydrogen-bond acceptors (Lipinski definition) is 0. The molecule has 0 aromatic heterocycles. The normalized spacial score (nSPS) is 45.3. The van der Waals surface area contributed by atoms with Gasteiger partial charge >= 0.3 is 0 Å². The van der Waals surface area contributed by atoms with Gasteiger partial charge in [0.2, 0.25) is 0 Å². The zero-order valence-electron chi connectivity index (χ0n) is 13.9. The summed E-state index contributed by atoms with van der Waals surface area (Å²) in [6.07, 6.45) is 18.6. The van der Waals surface area contributed by atoms with Crippen molar-refractivity contribution in [2.45, 2.75) is 90.9 Å². The highest BCUT2D eigenvalue weighted by molar-refractivity contribution is 4.84. The van der Waals surface area contributed by atoms with Gasteiger partial charge in [-0.05, 0) is 67.6 Å². The molecule has 0 amide bonds. The monoisotopic (exact) mass is 276 g/mol. The second kappa shape index (κ2) is 6.84. The Balaban J connectivity index is 1.37. The zero-order chi connectivity index (χ0) is 13.9.